The van der Waals surface area contributed by atoms with Crippen molar-refractivity contribution in [1.82, 2.24) is 9.97 Å². The molecule has 1 heterocycles. The molecule has 1 N–H and O–H groups in total. The Hall–Kier alpha value is -1.32. The van der Waals surface area contributed by atoms with Gasteiger partial charge in [-0.05, 0) is 34.1 Å². The lowest BCUT2D eigenvalue weighted by molar-refractivity contribution is 0.755. The van der Waals surface area contributed by atoms with Crippen LogP contribution in [0.25, 0.3) is 0 Å². The van der Waals surface area contributed by atoms with Gasteiger partial charge in [0.25, 0.3) is 0 Å². The van der Waals surface area contributed by atoms with Crippen LogP contribution in [0.15, 0.2) is 6.07 Å². The number of aromatic nitrogens is 2. The highest BCUT2D eigenvalue weighted by atomic mass is 15.2. The van der Waals surface area contributed by atoms with Crippen molar-refractivity contribution in [2.75, 3.05) is 23.3 Å². The normalized spacial score (nSPS) is 12.3. The van der Waals surface area contributed by atoms with E-state index in [0.29, 0.717) is 6.04 Å². The number of nitrogens with one attached hydrogen (secondary N) is 1. The zero-order valence-corrected chi connectivity index (χ0v) is 11.6. The Morgan fingerprint density at radius 3 is 2.41 bits per heavy atom. The molecule has 0 saturated heterocycles. The lowest BCUT2D eigenvalue weighted by atomic mass is 10.2. The highest BCUT2D eigenvalue weighted by molar-refractivity contribution is 5.49. The minimum atomic E-state index is 0.439. The van der Waals surface area contributed by atoms with E-state index in [1.165, 1.54) is 0 Å². The molecule has 1 rings (SSSR count). The van der Waals surface area contributed by atoms with Crippen LogP contribution in [0, 0.1) is 6.92 Å². The molecule has 1 unspecified atom stereocenters. The summed E-state index contributed by atoms with van der Waals surface area (Å²) in [6, 6.07) is 2.47. The predicted molar refractivity (Wildman–Crippen MR) is 73.7 cm³/mol. The second-order valence-corrected chi connectivity index (χ2v) is 4.28. The smallest absolute Gasteiger partial charge is 0.134 e. The molecule has 0 amide bonds. The summed E-state index contributed by atoms with van der Waals surface area (Å²) in [5, 5.41) is 3.40. The van der Waals surface area contributed by atoms with E-state index in [4.69, 9.17) is 0 Å². The number of rotatable bonds is 6. The molecular formula is C13H24N4. The van der Waals surface area contributed by atoms with Crippen LogP contribution in [-0.4, -0.2) is 29.1 Å². The van der Waals surface area contributed by atoms with Gasteiger partial charge in [0.1, 0.15) is 17.5 Å². The first-order valence-electron chi connectivity index (χ1n) is 6.47. The van der Waals surface area contributed by atoms with Crippen LogP contribution in [-0.2, 0) is 0 Å². The van der Waals surface area contributed by atoms with E-state index in [1.54, 1.807) is 0 Å². The molecule has 0 saturated carbocycles. The standard InChI is InChI=1S/C13H24N4/c1-6-10(4)14-12-9-13(16-11(5)15-12)17(7-2)8-3/h9-10H,6-8H2,1-5H3,(H,14,15,16). The van der Waals surface area contributed by atoms with Crippen LogP contribution in [0.1, 0.15) is 39.9 Å². The minimum Gasteiger partial charge on any atom is -0.367 e. The van der Waals surface area contributed by atoms with E-state index < -0.39 is 0 Å². The summed E-state index contributed by atoms with van der Waals surface area (Å²) in [5.41, 5.74) is 0. The van der Waals surface area contributed by atoms with Crippen molar-refractivity contribution in [3.63, 3.8) is 0 Å². The van der Waals surface area contributed by atoms with E-state index in [2.05, 4.69) is 47.9 Å². The van der Waals surface area contributed by atoms with Crippen molar-refractivity contribution in [1.29, 1.82) is 0 Å². The molecule has 1 atom stereocenters. The van der Waals surface area contributed by atoms with Gasteiger partial charge in [0.2, 0.25) is 0 Å². The van der Waals surface area contributed by atoms with Crippen molar-refractivity contribution in [3.8, 4) is 0 Å². The number of anilines is 2. The first kappa shape index (κ1) is 13.7. The molecule has 0 aliphatic heterocycles. The fourth-order valence-electron chi connectivity index (χ4n) is 1.69. The molecule has 0 aliphatic rings. The van der Waals surface area contributed by atoms with Crippen LogP contribution in [0.4, 0.5) is 11.6 Å². The van der Waals surface area contributed by atoms with Gasteiger partial charge in [0.15, 0.2) is 0 Å². The highest BCUT2D eigenvalue weighted by Crippen LogP contribution is 2.16. The molecule has 1 aromatic rings. The third kappa shape index (κ3) is 3.88. The van der Waals surface area contributed by atoms with E-state index in [0.717, 1.165) is 37.0 Å². The van der Waals surface area contributed by atoms with E-state index in [-0.39, 0.29) is 0 Å². The Morgan fingerprint density at radius 1 is 1.24 bits per heavy atom. The van der Waals surface area contributed by atoms with Gasteiger partial charge in [-0.25, -0.2) is 9.97 Å². The van der Waals surface area contributed by atoms with Crippen molar-refractivity contribution in [2.24, 2.45) is 0 Å². The fraction of sp³-hybridized carbons (Fsp3) is 0.692. The largest absolute Gasteiger partial charge is 0.367 e. The Morgan fingerprint density at radius 2 is 1.88 bits per heavy atom. The third-order valence-corrected chi connectivity index (χ3v) is 2.92. The van der Waals surface area contributed by atoms with Crippen LogP contribution in [0.5, 0.6) is 0 Å². The third-order valence-electron chi connectivity index (χ3n) is 2.92. The van der Waals surface area contributed by atoms with Gasteiger partial charge >= 0.3 is 0 Å². The van der Waals surface area contributed by atoms with E-state index >= 15 is 0 Å². The Labute approximate surface area is 104 Å². The molecule has 96 valence electrons. The average Bonchev–Trinajstić information content (AvgIpc) is 2.29. The average molecular weight is 236 g/mol. The topological polar surface area (TPSA) is 41.0 Å². The fourth-order valence-corrected chi connectivity index (χ4v) is 1.69. The van der Waals surface area contributed by atoms with Crippen LogP contribution >= 0.6 is 0 Å². The summed E-state index contributed by atoms with van der Waals surface area (Å²) in [7, 11) is 0. The molecule has 0 radical (unpaired) electrons. The SMILES string of the molecule is CCC(C)Nc1cc(N(CC)CC)nc(C)n1. The zero-order chi connectivity index (χ0) is 12.8. The Kier molecular flexibility index (Phi) is 5.19. The summed E-state index contributed by atoms with van der Waals surface area (Å²) in [5.74, 6) is 2.75. The van der Waals surface area contributed by atoms with Gasteiger partial charge in [0, 0.05) is 25.2 Å². The number of aryl methyl sites for hydroxylation is 1. The highest BCUT2D eigenvalue weighted by Gasteiger charge is 2.08. The first-order chi connectivity index (χ1) is 8.10. The Bertz CT molecular complexity index is 347. The van der Waals surface area contributed by atoms with Crippen molar-refractivity contribution in [2.45, 2.75) is 47.1 Å². The molecule has 4 nitrogen and oxygen atoms in total. The van der Waals surface area contributed by atoms with Gasteiger partial charge in [-0.2, -0.15) is 0 Å². The predicted octanol–water partition coefficient (Wildman–Crippen LogP) is 2.84. The van der Waals surface area contributed by atoms with Gasteiger partial charge in [0.05, 0.1) is 0 Å². The van der Waals surface area contributed by atoms with Crippen molar-refractivity contribution in [3.05, 3.63) is 11.9 Å². The summed E-state index contributed by atoms with van der Waals surface area (Å²) < 4.78 is 0. The number of hydrogen-bond acceptors (Lipinski definition) is 4. The van der Waals surface area contributed by atoms with Crippen LogP contribution < -0.4 is 10.2 Å². The van der Waals surface area contributed by atoms with E-state index in [1.807, 2.05) is 13.0 Å². The molecule has 0 spiro atoms. The summed E-state index contributed by atoms with van der Waals surface area (Å²) in [6.07, 6.45) is 1.09. The van der Waals surface area contributed by atoms with Crippen LogP contribution in [0.2, 0.25) is 0 Å². The Balaban J connectivity index is 2.93. The van der Waals surface area contributed by atoms with Gasteiger partial charge in [-0.3, -0.25) is 0 Å². The van der Waals surface area contributed by atoms with Crippen molar-refractivity contribution < 1.29 is 0 Å². The molecule has 0 aliphatic carbocycles. The van der Waals surface area contributed by atoms with Crippen LogP contribution in [0.3, 0.4) is 0 Å². The molecule has 0 bridgehead atoms. The molecular weight excluding hydrogens is 212 g/mol. The lowest BCUT2D eigenvalue weighted by Gasteiger charge is -2.21. The molecule has 0 aromatic carbocycles. The monoisotopic (exact) mass is 236 g/mol. The quantitative estimate of drug-likeness (QED) is 0.824. The maximum atomic E-state index is 4.48. The van der Waals surface area contributed by atoms with Gasteiger partial charge in [-0.15, -0.1) is 0 Å². The molecule has 17 heavy (non-hydrogen) atoms. The zero-order valence-electron chi connectivity index (χ0n) is 11.6. The maximum Gasteiger partial charge on any atom is 0.134 e. The minimum absolute atomic E-state index is 0.439. The number of hydrogen-bond donors (Lipinski definition) is 1. The maximum absolute atomic E-state index is 4.48. The number of nitrogens with zero attached hydrogens (tertiary/aromatic N) is 3. The summed E-state index contributed by atoms with van der Waals surface area (Å²) in [6.45, 7) is 12.5. The molecule has 4 heteroatoms. The second kappa shape index (κ2) is 6.42. The molecule has 1 aromatic heterocycles. The second-order valence-electron chi connectivity index (χ2n) is 4.28. The van der Waals surface area contributed by atoms with Gasteiger partial charge < -0.3 is 10.2 Å². The van der Waals surface area contributed by atoms with Crippen molar-refractivity contribution >= 4 is 11.6 Å². The summed E-state index contributed by atoms with van der Waals surface area (Å²) >= 11 is 0. The first-order valence-corrected chi connectivity index (χ1v) is 6.47. The van der Waals surface area contributed by atoms with E-state index in [9.17, 15) is 0 Å². The summed E-state index contributed by atoms with van der Waals surface area (Å²) in [4.78, 5) is 11.1. The van der Waals surface area contributed by atoms with Gasteiger partial charge in [-0.1, -0.05) is 6.92 Å². The molecule has 0 fully saturated rings. The lowest BCUT2D eigenvalue weighted by Crippen LogP contribution is -2.24.